The lowest BCUT2D eigenvalue weighted by atomic mass is 9.85. The molecule has 0 spiro atoms. The van der Waals surface area contributed by atoms with Gasteiger partial charge in [0.1, 0.15) is 0 Å². The van der Waals surface area contributed by atoms with Crippen LogP contribution < -0.4 is 5.73 Å². The summed E-state index contributed by atoms with van der Waals surface area (Å²) >= 11 is 0. The van der Waals surface area contributed by atoms with Crippen molar-refractivity contribution in [3.8, 4) is 11.4 Å². The summed E-state index contributed by atoms with van der Waals surface area (Å²) in [5.74, 6) is -0.655. The van der Waals surface area contributed by atoms with Crippen molar-refractivity contribution in [1.29, 1.82) is 0 Å². The maximum absolute atomic E-state index is 13.3. The van der Waals surface area contributed by atoms with Gasteiger partial charge in [0.15, 0.2) is 11.6 Å². The molecule has 1 aliphatic carbocycles. The maximum atomic E-state index is 13.3. The van der Waals surface area contributed by atoms with Gasteiger partial charge in [-0.2, -0.15) is 4.98 Å². The van der Waals surface area contributed by atoms with Gasteiger partial charge in [-0.05, 0) is 30.5 Å². The van der Waals surface area contributed by atoms with Crippen molar-refractivity contribution in [1.82, 2.24) is 10.1 Å². The topological polar surface area (TPSA) is 64.9 Å². The molecule has 1 aromatic carbocycles. The molecule has 22 heavy (non-hydrogen) atoms. The van der Waals surface area contributed by atoms with Crippen LogP contribution in [0.1, 0.15) is 50.5 Å². The molecule has 0 saturated heterocycles. The second-order valence-corrected chi connectivity index (χ2v) is 5.93. The highest BCUT2D eigenvalue weighted by atomic mass is 19.2. The van der Waals surface area contributed by atoms with Crippen LogP contribution in [0.4, 0.5) is 8.78 Å². The maximum Gasteiger partial charge on any atom is 0.243 e. The zero-order valence-electron chi connectivity index (χ0n) is 12.3. The van der Waals surface area contributed by atoms with Crippen molar-refractivity contribution in [2.75, 3.05) is 0 Å². The van der Waals surface area contributed by atoms with Crippen LogP contribution in [0.15, 0.2) is 22.7 Å². The average molecular weight is 307 g/mol. The summed E-state index contributed by atoms with van der Waals surface area (Å²) in [4.78, 5) is 4.22. The minimum Gasteiger partial charge on any atom is -0.337 e. The molecule has 1 heterocycles. The summed E-state index contributed by atoms with van der Waals surface area (Å²) in [7, 11) is 0. The summed E-state index contributed by atoms with van der Waals surface area (Å²) in [6.45, 7) is 0. The Morgan fingerprint density at radius 1 is 1.18 bits per heavy atom. The van der Waals surface area contributed by atoms with Gasteiger partial charge in [0, 0.05) is 5.56 Å². The lowest BCUT2D eigenvalue weighted by Crippen LogP contribution is -2.17. The fraction of sp³-hybridized carbons (Fsp3) is 0.500. The Bertz CT molecular complexity index is 638. The van der Waals surface area contributed by atoms with Gasteiger partial charge in [-0.25, -0.2) is 8.78 Å². The molecule has 1 saturated carbocycles. The van der Waals surface area contributed by atoms with Gasteiger partial charge in [0.2, 0.25) is 11.7 Å². The first-order valence-corrected chi connectivity index (χ1v) is 7.68. The van der Waals surface area contributed by atoms with Crippen LogP contribution in [0, 0.1) is 17.6 Å². The van der Waals surface area contributed by atoms with Crippen LogP contribution in [0.25, 0.3) is 11.4 Å². The molecular formula is C16H19F2N3O. The van der Waals surface area contributed by atoms with Crippen molar-refractivity contribution in [3.63, 3.8) is 0 Å². The van der Waals surface area contributed by atoms with Gasteiger partial charge < -0.3 is 10.3 Å². The lowest BCUT2D eigenvalue weighted by molar-refractivity contribution is 0.284. The van der Waals surface area contributed by atoms with Crippen LogP contribution in [0.2, 0.25) is 0 Å². The summed E-state index contributed by atoms with van der Waals surface area (Å²) < 4.78 is 31.4. The van der Waals surface area contributed by atoms with Crippen LogP contribution in [0.3, 0.4) is 0 Å². The van der Waals surface area contributed by atoms with Crippen molar-refractivity contribution in [2.24, 2.45) is 11.7 Å². The van der Waals surface area contributed by atoms with Crippen molar-refractivity contribution < 1.29 is 13.3 Å². The number of hydrogen-bond donors (Lipinski definition) is 1. The Kier molecular flexibility index (Phi) is 4.47. The minimum atomic E-state index is -0.935. The standard InChI is InChI=1S/C16H19F2N3O/c17-12-7-6-11(9-13(12)18)15-20-16(22-21-15)14(19)8-10-4-2-1-3-5-10/h6-7,9-10,14H,1-5,8,19H2. The van der Waals surface area contributed by atoms with Crippen LogP contribution in [-0.4, -0.2) is 10.1 Å². The largest absolute Gasteiger partial charge is 0.337 e. The molecule has 2 aromatic rings. The van der Waals surface area contributed by atoms with E-state index in [1.165, 1.54) is 38.2 Å². The van der Waals surface area contributed by atoms with Gasteiger partial charge in [0.25, 0.3) is 0 Å². The third kappa shape index (κ3) is 3.32. The van der Waals surface area contributed by atoms with Crippen LogP contribution in [-0.2, 0) is 0 Å². The molecule has 2 N–H and O–H groups in total. The van der Waals surface area contributed by atoms with E-state index in [-0.39, 0.29) is 11.9 Å². The third-order valence-electron chi connectivity index (χ3n) is 4.25. The summed E-state index contributed by atoms with van der Waals surface area (Å²) in [6.07, 6.45) is 7.00. The van der Waals surface area contributed by atoms with Crippen LogP contribution >= 0.6 is 0 Å². The number of rotatable bonds is 4. The summed E-state index contributed by atoms with van der Waals surface area (Å²) in [5, 5.41) is 3.82. The summed E-state index contributed by atoms with van der Waals surface area (Å²) in [6, 6.07) is 3.20. The second kappa shape index (κ2) is 6.52. The molecule has 1 atom stereocenters. The predicted octanol–water partition coefficient (Wildman–Crippen LogP) is 3.99. The van der Waals surface area contributed by atoms with E-state index in [0.717, 1.165) is 18.6 Å². The lowest BCUT2D eigenvalue weighted by Gasteiger charge is -2.22. The fourth-order valence-corrected chi connectivity index (χ4v) is 3.02. The summed E-state index contributed by atoms with van der Waals surface area (Å²) in [5.41, 5.74) is 6.51. The normalized spacial score (nSPS) is 17.6. The molecule has 1 aromatic heterocycles. The van der Waals surface area contributed by atoms with Crippen molar-refractivity contribution >= 4 is 0 Å². The van der Waals surface area contributed by atoms with E-state index in [0.29, 0.717) is 17.4 Å². The van der Waals surface area contributed by atoms with E-state index in [1.54, 1.807) is 0 Å². The minimum absolute atomic E-state index is 0.230. The molecule has 0 radical (unpaired) electrons. The molecule has 0 amide bonds. The molecule has 1 unspecified atom stereocenters. The Labute approximate surface area is 127 Å². The zero-order chi connectivity index (χ0) is 15.5. The Morgan fingerprint density at radius 3 is 2.68 bits per heavy atom. The number of nitrogens with two attached hydrogens (primary N) is 1. The van der Waals surface area contributed by atoms with Gasteiger partial charge >= 0.3 is 0 Å². The van der Waals surface area contributed by atoms with Gasteiger partial charge in [-0.15, -0.1) is 0 Å². The van der Waals surface area contributed by atoms with E-state index in [2.05, 4.69) is 10.1 Å². The van der Waals surface area contributed by atoms with E-state index in [9.17, 15) is 8.78 Å². The molecule has 0 bridgehead atoms. The molecule has 1 fully saturated rings. The smallest absolute Gasteiger partial charge is 0.243 e. The monoisotopic (exact) mass is 307 g/mol. The van der Waals surface area contributed by atoms with E-state index in [4.69, 9.17) is 10.3 Å². The molecule has 0 aliphatic heterocycles. The molecular weight excluding hydrogens is 288 g/mol. The highest BCUT2D eigenvalue weighted by Gasteiger charge is 2.22. The molecule has 118 valence electrons. The number of hydrogen-bond acceptors (Lipinski definition) is 4. The number of aromatic nitrogens is 2. The SMILES string of the molecule is NC(CC1CCCCC1)c1nc(-c2ccc(F)c(F)c2)no1. The average Bonchev–Trinajstić information content (AvgIpc) is 3.01. The zero-order valence-corrected chi connectivity index (χ0v) is 12.3. The number of benzene rings is 1. The van der Waals surface area contributed by atoms with Gasteiger partial charge in [-0.3, -0.25) is 0 Å². The van der Waals surface area contributed by atoms with E-state index in [1.807, 2.05) is 0 Å². The first kappa shape index (κ1) is 15.1. The molecule has 4 nitrogen and oxygen atoms in total. The van der Waals surface area contributed by atoms with Gasteiger partial charge in [-0.1, -0.05) is 37.3 Å². The second-order valence-electron chi connectivity index (χ2n) is 5.93. The van der Waals surface area contributed by atoms with Gasteiger partial charge in [0.05, 0.1) is 6.04 Å². The molecule has 1 aliphatic rings. The van der Waals surface area contributed by atoms with Crippen molar-refractivity contribution in [2.45, 2.75) is 44.6 Å². The Morgan fingerprint density at radius 2 is 1.95 bits per heavy atom. The Hall–Kier alpha value is -1.82. The highest BCUT2D eigenvalue weighted by molar-refractivity contribution is 5.54. The van der Waals surface area contributed by atoms with E-state index < -0.39 is 11.6 Å². The quantitative estimate of drug-likeness (QED) is 0.927. The predicted molar refractivity (Wildman–Crippen MR) is 77.8 cm³/mol. The first-order chi connectivity index (χ1) is 10.6. The Balaban J connectivity index is 1.70. The number of nitrogens with zero attached hydrogens (tertiary/aromatic N) is 2. The van der Waals surface area contributed by atoms with Crippen molar-refractivity contribution in [3.05, 3.63) is 35.7 Å². The fourth-order valence-electron chi connectivity index (χ4n) is 3.02. The highest BCUT2D eigenvalue weighted by Crippen LogP contribution is 2.31. The third-order valence-corrected chi connectivity index (χ3v) is 4.25. The molecule has 3 rings (SSSR count). The first-order valence-electron chi connectivity index (χ1n) is 7.68. The molecule has 6 heteroatoms. The number of halogens is 2. The van der Waals surface area contributed by atoms with Crippen LogP contribution in [0.5, 0.6) is 0 Å². The van der Waals surface area contributed by atoms with E-state index >= 15 is 0 Å².